The van der Waals surface area contributed by atoms with Gasteiger partial charge >= 0.3 is 37.4 Å². The van der Waals surface area contributed by atoms with Crippen molar-refractivity contribution in [1.29, 1.82) is 0 Å². The molecular weight excluding hydrogens is 457 g/mol. The van der Waals surface area contributed by atoms with E-state index < -0.39 is 77.9 Å². The molecule has 2 aliphatic heterocycles. The number of phosphoric ester groups is 2. The quantitative estimate of drug-likeness (QED) is 0.126. The minimum atomic E-state index is -5.69. The van der Waals surface area contributed by atoms with Crippen LogP contribution in [0.25, 0.3) is 0 Å². The van der Waals surface area contributed by atoms with Crippen LogP contribution in [0.15, 0.2) is 0 Å². The fourth-order valence-electron chi connectivity index (χ4n) is 2.43. The molecule has 15 nitrogen and oxygen atoms in total. The van der Waals surface area contributed by atoms with E-state index in [0.717, 1.165) is 0 Å². The van der Waals surface area contributed by atoms with Crippen LogP contribution in [-0.2, 0) is 32.0 Å². The maximum atomic E-state index is 11.8. The van der Waals surface area contributed by atoms with E-state index in [1.165, 1.54) is 0 Å². The third-order valence-corrected chi connectivity index (χ3v) is 6.51. The SMILES string of the molecule is O=P([O-])(OC1OC(CO)C(O)C(O)C1O)OP(=O)(O)OCC1OCC(O)C1O.[Na+]. The topological polar surface area (TPSA) is 245 Å². The van der Waals surface area contributed by atoms with Crippen molar-refractivity contribution in [2.75, 3.05) is 19.8 Å². The molecule has 2 aliphatic rings. The first kappa shape index (κ1) is 28.0. The van der Waals surface area contributed by atoms with E-state index in [-0.39, 0.29) is 36.2 Å². The Labute approximate surface area is 186 Å². The van der Waals surface area contributed by atoms with Crippen LogP contribution in [0.1, 0.15) is 0 Å². The summed E-state index contributed by atoms with van der Waals surface area (Å²) in [6.07, 6.45) is -13.4. The summed E-state index contributed by atoms with van der Waals surface area (Å²) in [5, 5.41) is 56.6. The number of hydrogen-bond donors (Lipinski definition) is 7. The average Bonchev–Trinajstić information content (AvgIpc) is 2.91. The largest absolute Gasteiger partial charge is 1.00 e. The Balaban J connectivity index is 0.00000420. The van der Waals surface area contributed by atoms with Crippen molar-refractivity contribution >= 4 is 15.6 Å². The van der Waals surface area contributed by atoms with Gasteiger partial charge in [-0.2, -0.15) is 0 Å². The Morgan fingerprint density at radius 3 is 2.14 bits per heavy atom. The molecule has 10 atom stereocenters. The molecule has 166 valence electrons. The molecule has 0 bridgehead atoms. The third kappa shape index (κ3) is 7.49. The summed E-state index contributed by atoms with van der Waals surface area (Å²) in [4.78, 5) is 21.3. The summed E-state index contributed by atoms with van der Waals surface area (Å²) in [7, 11) is -11.0. The van der Waals surface area contributed by atoms with Crippen molar-refractivity contribution in [2.24, 2.45) is 0 Å². The maximum Gasteiger partial charge on any atom is 1.00 e. The van der Waals surface area contributed by atoms with E-state index in [0.29, 0.717) is 0 Å². The molecule has 0 aliphatic carbocycles. The second-order valence-corrected chi connectivity index (χ2v) is 8.98. The monoisotopic (exact) mass is 478 g/mol. The minimum absolute atomic E-state index is 0. The van der Waals surface area contributed by atoms with Gasteiger partial charge in [-0.3, -0.25) is 13.6 Å². The van der Waals surface area contributed by atoms with Crippen molar-refractivity contribution in [3.8, 4) is 0 Å². The zero-order valence-electron chi connectivity index (χ0n) is 15.0. The van der Waals surface area contributed by atoms with Crippen LogP contribution in [0.5, 0.6) is 0 Å². The van der Waals surface area contributed by atoms with Gasteiger partial charge in [0.25, 0.3) is 7.82 Å². The molecule has 18 heteroatoms. The van der Waals surface area contributed by atoms with Gasteiger partial charge in [0.2, 0.25) is 0 Å². The Bertz CT molecular complexity index is 621. The summed E-state index contributed by atoms with van der Waals surface area (Å²) in [6.45, 7) is -1.95. The summed E-state index contributed by atoms with van der Waals surface area (Å²) in [5.41, 5.74) is 0. The van der Waals surface area contributed by atoms with Gasteiger partial charge in [0.1, 0.15) is 42.7 Å². The first-order chi connectivity index (χ1) is 12.9. The van der Waals surface area contributed by atoms with E-state index in [2.05, 4.69) is 13.4 Å². The van der Waals surface area contributed by atoms with Crippen molar-refractivity contribution in [3.05, 3.63) is 0 Å². The Morgan fingerprint density at radius 1 is 1.00 bits per heavy atom. The van der Waals surface area contributed by atoms with Crippen molar-refractivity contribution < 1.29 is 102 Å². The minimum Gasteiger partial charge on any atom is -0.756 e. The molecule has 2 heterocycles. The Kier molecular flexibility index (Phi) is 10.8. The van der Waals surface area contributed by atoms with Gasteiger partial charge in [-0.15, -0.1) is 0 Å². The van der Waals surface area contributed by atoms with E-state index >= 15 is 0 Å². The van der Waals surface area contributed by atoms with Gasteiger partial charge in [0, 0.05) is 0 Å². The van der Waals surface area contributed by atoms with E-state index in [1.807, 2.05) is 0 Å². The van der Waals surface area contributed by atoms with Crippen LogP contribution in [-0.4, -0.2) is 104 Å². The van der Waals surface area contributed by atoms with Gasteiger partial charge in [0.15, 0.2) is 6.29 Å². The third-order valence-electron chi connectivity index (χ3n) is 3.94. The summed E-state index contributed by atoms with van der Waals surface area (Å²) in [5.74, 6) is 0. The molecule has 0 amide bonds. The predicted molar refractivity (Wildman–Crippen MR) is 81.1 cm³/mol. The number of aliphatic hydroxyl groups is 6. The van der Waals surface area contributed by atoms with Crippen molar-refractivity contribution in [2.45, 2.75) is 49.0 Å². The van der Waals surface area contributed by atoms with Gasteiger partial charge in [-0.1, -0.05) is 0 Å². The molecule has 2 rings (SSSR count). The van der Waals surface area contributed by atoms with Crippen molar-refractivity contribution in [3.63, 3.8) is 0 Å². The first-order valence-electron chi connectivity index (χ1n) is 7.83. The molecule has 10 unspecified atom stereocenters. The number of hydrogen-bond acceptors (Lipinski definition) is 14. The Hall–Kier alpha value is 0.940. The van der Waals surface area contributed by atoms with E-state index in [1.54, 1.807) is 0 Å². The molecule has 0 radical (unpaired) electrons. The zero-order valence-corrected chi connectivity index (χ0v) is 18.8. The number of aliphatic hydroxyl groups excluding tert-OH is 6. The average molecular weight is 478 g/mol. The number of ether oxygens (including phenoxy) is 2. The number of phosphoric acid groups is 2. The second-order valence-electron chi connectivity index (χ2n) is 6.03. The summed E-state index contributed by atoms with van der Waals surface area (Å²) < 4.78 is 45.8. The fourth-order valence-corrected chi connectivity index (χ4v) is 4.55. The molecule has 0 aromatic rings. The summed E-state index contributed by atoms with van der Waals surface area (Å²) >= 11 is 0. The molecule has 29 heavy (non-hydrogen) atoms. The molecule has 0 spiro atoms. The van der Waals surface area contributed by atoms with Gasteiger partial charge in [-0.05, 0) is 0 Å². The Morgan fingerprint density at radius 2 is 1.62 bits per heavy atom. The van der Waals surface area contributed by atoms with Gasteiger partial charge in [0.05, 0.1) is 19.8 Å². The number of rotatable bonds is 8. The van der Waals surface area contributed by atoms with Gasteiger partial charge < -0.3 is 49.9 Å². The van der Waals surface area contributed by atoms with Crippen LogP contribution < -0.4 is 34.5 Å². The van der Waals surface area contributed by atoms with Crippen LogP contribution >= 0.6 is 15.6 Å². The van der Waals surface area contributed by atoms with E-state index in [9.17, 15) is 44.4 Å². The first-order valence-corrected chi connectivity index (χ1v) is 10.8. The fraction of sp³-hybridized carbons (Fsp3) is 1.00. The van der Waals surface area contributed by atoms with Crippen LogP contribution in [0, 0.1) is 0 Å². The van der Waals surface area contributed by atoms with E-state index in [4.69, 9.17) is 14.6 Å². The molecule has 7 N–H and O–H groups in total. The van der Waals surface area contributed by atoms with Crippen LogP contribution in [0.4, 0.5) is 0 Å². The predicted octanol–water partition coefficient (Wildman–Crippen LogP) is -7.47. The standard InChI is InChI=1S/C11H22O15P2.Na/c12-1-5-8(15)9(16)10(17)11(24-5)25-28(20,21)26-27(18,19)23-3-6-7(14)4(13)2-22-6;/h4-17H,1-3H2,(H,18,19)(H,20,21);/q;+1/p-1. The smallest absolute Gasteiger partial charge is 0.756 e. The molecule has 2 fully saturated rings. The van der Waals surface area contributed by atoms with Crippen LogP contribution in [0.3, 0.4) is 0 Å². The van der Waals surface area contributed by atoms with Gasteiger partial charge in [-0.25, -0.2) is 8.88 Å². The maximum absolute atomic E-state index is 11.8. The molecular formula is C11H21NaO15P2. The normalized spacial score (nSPS) is 41.9. The molecule has 0 aromatic carbocycles. The summed E-state index contributed by atoms with van der Waals surface area (Å²) in [6, 6.07) is 0. The van der Waals surface area contributed by atoms with Crippen molar-refractivity contribution in [1.82, 2.24) is 0 Å². The molecule has 2 saturated heterocycles. The molecule has 0 saturated carbocycles. The zero-order chi connectivity index (χ0) is 21.3. The second kappa shape index (κ2) is 11.2. The van der Waals surface area contributed by atoms with Crippen LogP contribution in [0.2, 0.25) is 0 Å². The molecule has 0 aromatic heterocycles.